The van der Waals surface area contributed by atoms with Gasteiger partial charge >= 0.3 is 183 Å². The first-order chi connectivity index (χ1) is 13.8. The van der Waals surface area contributed by atoms with Crippen LogP contribution in [0, 0.1) is 11.7 Å². The Morgan fingerprint density at radius 1 is 0.931 bits per heavy atom. The van der Waals surface area contributed by atoms with Gasteiger partial charge in [0.15, 0.2) is 0 Å². The van der Waals surface area contributed by atoms with Gasteiger partial charge in [-0.05, 0) is 0 Å². The van der Waals surface area contributed by atoms with Gasteiger partial charge < -0.3 is 0 Å². The molecule has 2 aliphatic rings. The van der Waals surface area contributed by atoms with E-state index in [2.05, 4.69) is 83.3 Å². The molecule has 0 fully saturated rings. The van der Waals surface area contributed by atoms with E-state index in [9.17, 15) is 4.39 Å². The molecule has 0 N–H and O–H groups in total. The van der Waals surface area contributed by atoms with Crippen LogP contribution in [0.25, 0.3) is 5.57 Å². The van der Waals surface area contributed by atoms with Gasteiger partial charge in [0.1, 0.15) is 0 Å². The standard InChI is InChI=1S/C15H10F.C9H13.C2H6Si.Zr/c16-13-8-6-12-7-9-14(15(12)10-13)11-4-2-1-3-5-11;1-6-5-7(2)9(4)8(6)3;1-3-2;/h1-10H;6H,1-4H3;1-2H3;. The fraction of sp³-hybridized carbons (Fsp3) is 0.308. The van der Waals surface area contributed by atoms with Crippen molar-refractivity contribution in [3.05, 3.63) is 97.1 Å². The summed E-state index contributed by atoms with van der Waals surface area (Å²) >= 11 is -2.02. The molecule has 0 radical (unpaired) electrons. The molecule has 29 heavy (non-hydrogen) atoms. The molecule has 0 heterocycles. The zero-order chi connectivity index (χ0) is 20.9. The third kappa shape index (κ3) is 3.55. The van der Waals surface area contributed by atoms with Crippen molar-refractivity contribution in [1.29, 1.82) is 0 Å². The number of hydrogen-bond acceptors (Lipinski definition) is 0. The maximum atomic E-state index is 14.2. The minimum atomic E-state index is -2.02. The Morgan fingerprint density at radius 2 is 1.62 bits per heavy atom. The van der Waals surface area contributed by atoms with E-state index in [4.69, 9.17) is 0 Å². The number of hydrogen-bond donors (Lipinski definition) is 0. The predicted octanol–water partition coefficient (Wildman–Crippen LogP) is 7.44. The Bertz CT molecular complexity index is 1110. The van der Waals surface area contributed by atoms with Crippen LogP contribution in [-0.2, 0) is 20.4 Å². The summed E-state index contributed by atoms with van der Waals surface area (Å²) in [7, 11) is 0. The molecule has 0 bridgehead atoms. The zero-order valence-electron chi connectivity index (χ0n) is 18.2. The van der Waals surface area contributed by atoms with Crippen LogP contribution in [0.15, 0.2) is 74.6 Å². The van der Waals surface area contributed by atoms with Gasteiger partial charge in [0.2, 0.25) is 0 Å². The van der Waals surface area contributed by atoms with Crippen LogP contribution in [0.4, 0.5) is 4.39 Å². The molecule has 0 nitrogen and oxygen atoms in total. The summed E-state index contributed by atoms with van der Waals surface area (Å²) in [5.74, 6) is 0.454. The molecule has 0 saturated carbocycles. The molecule has 148 valence electrons. The third-order valence-electron chi connectivity index (χ3n) is 6.84. The van der Waals surface area contributed by atoms with E-state index in [1.54, 1.807) is 23.3 Å². The van der Waals surface area contributed by atoms with Crippen LogP contribution in [0.5, 0.6) is 0 Å². The Morgan fingerprint density at radius 3 is 2.21 bits per heavy atom. The summed E-state index contributed by atoms with van der Waals surface area (Å²) in [5, 5.41) is 0. The van der Waals surface area contributed by atoms with Crippen LogP contribution in [0.1, 0.15) is 48.0 Å². The van der Waals surface area contributed by atoms with Gasteiger partial charge in [0, 0.05) is 0 Å². The van der Waals surface area contributed by atoms with Crippen molar-refractivity contribution in [2.75, 3.05) is 0 Å². The average molecular weight is 480 g/mol. The summed E-state index contributed by atoms with van der Waals surface area (Å²) < 4.78 is 16.6. The molecular formula is C26H29FSiZr. The summed E-state index contributed by atoms with van der Waals surface area (Å²) in [6.45, 7) is 14.4. The van der Waals surface area contributed by atoms with Crippen LogP contribution >= 0.6 is 0 Å². The van der Waals surface area contributed by atoms with Gasteiger partial charge in [-0.25, -0.2) is 0 Å². The van der Waals surface area contributed by atoms with Crippen molar-refractivity contribution in [1.82, 2.24) is 0 Å². The van der Waals surface area contributed by atoms with Crippen molar-refractivity contribution >= 4 is 11.0 Å². The van der Waals surface area contributed by atoms with Crippen molar-refractivity contribution in [2.24, 2.45) is 5.92 Å². The fourth-order valence-corrected chi connectivity index (χ4v) is 24.7. The number of halogens is 1. The molecule has 4 rings (SSSR count). The first-order valence-electron chi connectivity index (χ1n) is 10.4. The second kappa shape index (κ2) is 8.08. The van der Waals surface area contributed by atoms with Gasteiger partial charge in [0.05, 0.1) is 0 Å². The quantitative estimate of drug-likeness (QED) is 0.401. The average Bonchev–Trinajstić information content (AvgIpc) is 3.15. The SMILES string of the molecule is CC1=C(C)C(C)[C]([Zr]([CH]2C=C(c3ccccc3)c3cc(F)ccc32)=[Si](C)C)=C1C. The zero-order valence-corrected chi connectivity index (χ0v) is 21.7. The van der Waals surface area contributed by atoms with Gasteiger partial charge in [-0.3, -0.25) is 0 Å². The van der Waals surface area contributed by atoms with E-state index in [1.165, 1.54) is 22.3 Å². The molecule has 2 aromatic carbocycles. The molecule has 2 aliphatic carbocycles. The minimum absolute atomic E-state index is 0.132. The Kier molecular flexibility index (Phi) is 5.84. The van der Waals surface area contributed by atoms with Crippen LogP contribution < -0.4 is 0 Å². The van der Waals surface area contributed by atoms with E-state index in [0.717, 1.165) is 5.56 Å². The number of fused-ring (bicyclic) bond motifs is 1. The predicted molar refractivity (Wildman–Crippen MR) is 120 cm³/mol. The molecular weight excluding hydrogens is 451 g/mol. The molecule has 2 unspecified atom stereocenters. The number of rotatable bonds is 3. The number of allylic oxidation sites excluding steroid dienone is 5. The Balaban J connectivity index is 1.93. The van der Waals surface area contributed by atoms with Crippen molar-refractivity contribution in [3.63, 3.8) is 0 Å². The van der Waals surface area contributed by atoms with Crippen molar-refractivity contribution < 1.29 is 24.8 Å². The molecule has 0 spiro atoms. The van der Waals surface area contributed by atoms with E-state index in [1.807, 2.05) is 3.28 Å². The van der Waals surface area contributed by atoms with E-state index < -0.39 is 25.8 Å². The summed E-state index contributed by atoms with van der Waals surface area (Å²) in [5.41, 5.74) is 9.15. The van der Waals surface area contributed by atoms with Crippen LogP contribution in [0.2, 0.25) is 13.1 Å². The van der Waals surface area contributed by atoms with E-state index >= 15 is 0 Å². The van der Waals surface area contributed by atoms with Gasteiger partial charge in [-0.15, -0.1) is 0 Å². The van der Waals surface area contributed by atoms with E-state index in [-0.39, 0.29) is 5.82 Å². The number of benzene rings is 2. The maximum absolute atomic E-state index is 14.2. The van der Waals surface area contributed by atoms with Gasteiger partial charge in [-0.2, -0.15) is 0 Å². The second-order valence-corrected chi connectivity index (χ2v) is 26.1. The van der Waals surface area contributed by atoms with Crippen LogP contribution in [0.3, 0.4) is 0 Å². The molecule has 0 saturated heterocycles. The molecule has 0 amide bonds. The molecule has 2 aromatic rings. The summed E-state index contributed by atoms with van der Waals surface area (Å²) in [6, 6.07) is 16.0. The monoisotopic (exact) mass is 478 g/mol. The van der Waals surface area contributed by atoms with E-state index in [0.29, 0.717) is 9.54 Å². The normalized spacial score (nSPS) is 20.9. The molecule has 0 aromatic heterocycles. The van der Waals surface area contributed by atoms with Gasteiger partial charge in [0.25, 0.3) is 0 Å². The first-order valence-corrected chi connectivity index (χ1v) is 19.3. The fourth-order valence-electron chi connectivity index (χ4n) is 5.03. The molecule has 0 aliphatic heterocycles. The Hall–Kier alpha value is -1.31. The molecule has 3 heteroatoms. The van der Waals surface area contributed by atoms with Crippen molar-refractivity contribution in [2.45, 2.75) is 44.4 Å². The van der Waals surface area contributed by atoms with Gasteiger partial charge in [-0.1, -0.05) is 0 Å². The third-order valence-corrected chi connectivity index (χ3v) is 25.4. The Labute approximate surface area is 182 Å². The van der Waals surface area contributed by atoms with Crippen LogP contribution in [-0.4, -0.2) is 5.43 Å². The summed E-state index contributed by atoms with van der Waals surface area (Å²) in [6.07, 6.45) is 2.52. The second-order valence-electron chi connectivity index (χ2n) is 8.64. The topological polar surface area (TPSA) is 0 Å². The molecule has 2 atom stereocenters. The summed E-state index contributed by atoms with van der Waals surface area (Å²) in [4.78, 5) is 0. The van der Waals surface area contributed by atoms with Crippen molar-refractivity contribution in [3.8, 4) is 0 Å². The first kappa shape index (κ1) is 20.9.